The molecule has 0 aromatic carbocycles. The summed E-state index contributed by atoms with van der Waals surface area (Å²) in [6.45, 7) is 0.491. The number of thiophene rings is 2. The van der Waals surface area contributed by atoms with Gasteiger partial charge in [0, 0.05) is 20.6 Å². The van der Waals surface area contributed by atoms with Crippen LogP contribution in [-0.2, 0) is 20.6 Å². The SMILES string of the molecule is Cn1c(=O)c2c(ncn2CC=C(c2ccsc2)c2ccsc2)n(C)c1=O. The van der Waals surface area contributed by atoms with Crippen LogP contribution in [0, 0.1) is 0 Å². The van der Waals surface area contributed by atoms with Gasteiger partial charge in [-0.2, -0.15) is 22.7 Å². The Morgan fingerprint density at radius 3 is 2.31 bits per heavy atom. The molecule has 0 aliphatic heterocycles. The molecule has 0 bridgehead atoms. The first-order valence-corrected chi connectivity index (χ1v) is 9.82. The van der Waals surface area contributed by atoms with Gasteiger partial charge in [0.25, 0.3) is 5.56 Å². The number of aromatic nitrogens is 4. The lowest BCUT2D eigenvalue weighted by Gasteiger charge is -2.07. The standard InChI is InChI=1S/C18H16N4O2S2/c1-20-16-15(17(23)21(2)18(20)24)22(11-19-16)6-3-14(12-4-7-25-9-12)13-5-8-26-10-13/h3-5,7-11H,6H2,1-2H3. The molecule has 4 aromatic heterocycles. The summed E-state index contributed by atoms with van der Waals surface area (Å²) in [7, 11) is 3.11. The van der Waals surface area contributed by atoms with Gasteiger partial charge in [-0.1, -0.05) is 6.08 Å². The lowest BCUT2D eigenvalue weighted by Crippen LogP contribution is -2.37. The second kappa shape index (κ2) is 6.54. The molecule has 0 aliphatic rings. The van der Waals surface area contributed by atoms with Crippen LogP contribution >= 0.6 is 22.7 Å². The molecule has 0 saturated heterocycles. The van der Waals surface area contributed by atoms with Gasteiger partial charge in [0.2, 0.25) is 0 Å². The van der Waals surface area contributed by atoms with E-state index in [1.165, 1.54) is 11.6 Å². The van der Waals surface area contributed by atoms with Gasteiger partial charge in [-0.3, -0.25) is 13.9 Å². The number of nitrogens with zero attached hydrogens (tertiary/aromatic N) is 4. The van der Waals surface area contributed by atoms with E-state index < -0.39 is 0 Å². The molecule has 0 N–H and O–H groups in total. The fourth-order valence-corrected chi connectivity index (χ4v) is 4.27. The number of hydrogen-bond acceptors (Lipinski definition) is 5. The average molecular weight is 384 g/mol. The summed E-state index contributed by atoms with van der Waals surface area (Å²) in [6.07, 6.45) is 3.70. The second-order valence-corrected chi connectivity index (χ2v) is 7.48. The molecule has 6 nitrogen and oxygen atoms in total. The summed E-state index contributed by atoms with van der Waals surface area (Å²) < 4.78 is 4.30. The van der Waals surface area contributed by atoms with E-state index >= 15 is 0 Å². The highest BCUT2D eigenvalue weighted by Gasteiger charge is 2.14. The highest BCUT2D eigenvalue weighted by molar-refractivity contribution is 7.08. The monoisotopic (exact) mass is 384 g/mol. The Hall–Kier alpha value is -2.71. The molecule has 0 unspecified atom stereocenters. The van der Waals surface area contributed by atoms with E-state index in [2.05, 4.69) is 34.0 Å². The third-order valence-corrected chi connectivity index (χ3v) is 5.74. The van der Waals surface area contributed by atoms with Crippen LogP contribution in [0.2, 0.25) is 0 Å². The van der Waals surface area contributed by atoms with Crippen molar-refractivity contribution in [3.8, 4) is 0 Å². The normalized spacial score (nSPS) is 11.2. The first kappa shape index (κ1) is 16.7. The van der Waals surface area contributed by atoms with E-state index in [9.17, 15) is 9.59 Å². The van der Waals surface area contributed by atoms with Crippen LogP contribution in [0.4, 0.5) is 0 Å². The minimum atomic E-state index is -0.375. The predicted molar refractivity (Wildman–Crippen MR) is 106 cm³/mol. The van der Waals surface area contributed by atoms with E-state index in [0.717, 1.165) is 21.3 Å². The molecule has 0 atom stereocenters. The number of imidazole rings is 1. The van der Waals surface area contributed by atoms with E-state index in [4.69, 9.17) is 0 Å². The average Bonchev–Trinajstić information content (AvgIpc) is 3.39. The van der Waals surface area contributed by atoms with Gasteiger partial charge in [-0.15, -0.1) is 0 Å². The van der Waals surface area contributed by atoms with Crippen LogP contribution in [0.25, 0.3) is 16.7 Å². The van der Waals surface area contributed by atoms with E-state index in [-0.39, 0.29) is 11.2 Å². The molecule has 0 radical (unpaired) electrons. The van der Waals surface area contributed by atoms with Crippen LogP contribution < -0.4 is 11.2 Å². The summed E-state index contributed by atoms with van der Waals surface area (Å²) in [4.78, 5) is 28.9. The number of rotatable bonds is 4. The van der Waals surface area contributed by atoms with Crippen molar-refractivity contribution in [3.63, 3.8) is 0 Å². The summed E-state index contributed by atoms with van der Waals surface area (Å²) in [5, 5.41) is 8.32. The van der Waals surface area contributed by atoms with Gasteiger partial charge in [0.15, 0.2) is 11.2 Å². The Morgan fingerprint density at radius 1 is 1.08 bits per heavy atom. The Balaban J connectivity index is 1.83. The molecular weight excluding hydrogens is 368 g/mol. The van der Waals surface area contributed by atoms with E-state index in [1.807, 2.05) is 10.8 Å². The molecule has 0 aliphatic carbocycles. The van der Waals surface area contributed by atoms with Crippen molar-refractivity contribution in [1.82, 2.24) is 18.7 Å². The van der Waals surface area contributed by atoms with Crippen LogP contribution in [0.15, 0.2) is 55.6 Å². The van der Waals surface area contributed by atoms with Crippen LogP contribution in [0.1, 0.15) is 11.1 Å². The van der Waals surface area contributed by atoms with Gasteiger partial charge in [-0.25, -0.2) is 9.78 Å². The maximum Gasteiger partial charge on any atom is 0.332 e. The molecular formula is C18H16N4O2S2. The highest BCUT2D eigenvalue weighted by Crippen LogP contribution is 2.27. The first-order valence-electron chi connectivity index (χ1n) is 7.94. The quantitative estimate of drug-likeness (QED) is 0.543. The van der Waals surface area contributed by atoms with Gasteiger partial charge in [0.05, 0.1) is 6.33 Å². The second-order valence-electron chi connectivity index (χ2n) is 5.92. The van der Waals surface area contributed by atoms with Gasteiger partial charge >= 0.3 is 5.69 Å². The topological polar surface area (TPSA) is 61.8 Å². The molecule has 4 heterocycles. The van der Waals surface area contributed by atoms with Crippen molar-refractivity contribution in [2.45, 2.75) is 6.54 Å². The van der Waals surface area contributed by atoms with Crippen LogP contribution in [0.5, 0.6) is 0 Å². The number of hydrogen-bond donors (Lipinski definition) is 0. The molecule has 0 saturated carbocycles. The molecule has 0 fully saturated rings. The van der Waals surface area contributed by atoms with Crippen molar-refractivity contribution < 1.29 is 0 Å². The van der Waals surface area contributed by atoms with Gasteiger partial charge < -0.3 is 4.57 Å². The third kappa shape index (κ3) is 2.67. The molecule has 26 heavy (non-hydrogen) atoms. The lowest BCUT2D eigenvalue weighted by atomic mass is 10.0. The Bertz CT molecular complexity index is 1170. The van der Waals surface area contributed by atoms with Gasteiger partial charge in [0.1, 0.15) is 0 Å². The Labute approximate surface area is 156 Å². The Kier molecular flexibility index (Phi) is 4.21. The number of allylic oxidation sites excluding steroid dienone is 1. The Morgan fingerprint density at radius 2 is 1.73 bits per heavy atom. The zero-order valence-corrected chi connectivity index (χ0v) is 15.9. The van der Waals surface area contributed by atoms with Crippen molar-refractivity contribution in [1.29, 1.82) is 0 Å². The number of fused-ring (bicyclic) bond motifs is 1. The first-order chi connectivity index (χ1) is 12.6. The minimum Gasteiger partial charge on any atom is -0.321 e. The lowest BCUT2D eigenvalue weighted by molar-refractivity contribution is 0.703. The molecule has 0 amide bonds. The molecule has 132 valence electrons. The fraction of sp³-hybridized carbons (Fsp3) is 0.167. The predicted octanol–water partition coefficient (Wildman–Crippen LogP) is 2.69. The molecule has 8 heteroatoms. The van der Waals surface area contributed by atoms with E-state index in [0.29, 0.717) is 17.7 Å². The van der Waals surface area contributed by atoms with Crippen molar-refractivity contribution >= 4 is 39.4 Å². The highest BCUT2D eigenvalue weighted by atomic mass is 32.1. The smallest absolute Gasteiger partial charge is 0.321 e. The van der Waals surface area contributed by atoms with Crippen molar-refractivity contribution in [2.24, 2.45) is 14.1 Å². The van der Waals surface area contributed by atoms with Crippen LogP contribution in [-0.4, -0.2) is 18.7 Å². The van der Waals surface area contributed by atoms with Crippen LogP contribution in [0.3, 0.4) is 0 Å². The fourth-order valence-electron chi connectivity index (χ4n) is 2.96. The molecule has 4 aromatic rings. The minimum absolute atomic E-state index is 0.332. The molecule has 4 rings (SSSR count). The largest absolute Gasteiger partial charge is 0.332 e. The van der Waals surface area contributed by atoms with Crippen molar-refractivity contribution in [2.75, 3.05) is 0 Å². The van der Waals surface area contributed by atoms with Gasteiger partial charge in [-0.05, 0) is 50.4 Å². The zero-order valence-electron chi connectivity index (χ0n) is 14.2. The molecule has 0 spiro atoms. The maximum atomic E-state index is 12.6. The van der Waals surface area contributed by atoms with E-state index in [1.54, 1.807) is 40.6 Å². The maximum absolute atomic E-state index is 12.6. The zero-order chi connectivity index (χ0) is 18.3. The summed E-state index contributed by atoms with van der Waals surface area (Å²) in [6, 6.07) is 4.17. The number of aryl methyl sites for hydroxylation is 1. The third-order valence-electron chi connectivity index (χ3n) is 4.37. The summed E-state index contributed by atoms with van der Waals surface area (Å²) in [5.74, 6) is 0. The summed E-state index contributed by atoms with van der Waals surface area (Å²) in [5.41, 5.74) is 3.55. The summed E-state index contributed by atoms with van der Waals surface area (Å²) >= 11 is 3.30. The van der Waals surface area contributed by atoms with Crippen molar-refractivity contribution in [3.05, 3.63) is 78.0 Å².